The Morgan fingerprint density at radius 1 is 1.50 bits per heavy atom. The molecular formula is C9H12BrNO. The molecule has 0 radical (unpaired) electrons. The van der Waals surface area contributed by atoms with E-state index in [9.17, 15) is 0 Å². The molecule has 0 aromatic heterocycles. The molecule has 0 unspecified atom stereocenters. The molecule has 0 spiro atoms. The molecule has 0 aliphatic carbocycles. The van der Waals surface area contributed by atoms with Crippen molar-refractivity contribution in [3.05, 3.63) is 34.3 Å². The van der Waals surface area contributed by atoms with E-state index in [1.54, 1.807) is 7.11 Å². The van der Waals surface area contributed by atoms with E-state index in [1.165, 1.54) is 0 Å². The zero-order valence-corrected chi connectivity index (χ0v) is 8.54. The lowest BCUT2D eigenvalue weighted by Gasteiger charge is -2.11. The molecule has 0 saturated carbocycles. The molecule has 0 aliphatic heterocycles. The maximum Gasteiger partial charge on any atom is 0.0655 e. The van der Waals surface area contributed by atoms with Crippen LogP contribution in [-0.4, -0.2) is 13.7 Å². The summed E-state index contributed by atoms with van der Waals surface area (Å²) in [6.45, 7) is 0.544. The van der Waals surface area contributed by atoms with Crippen LogP contribution in [0.15, 0.2) is 28.7 Å². The summed E-state index contributed by atoms with van der Waals surface area (Å²) in [6, 6.07) is 7.85. The second kappa shape index (κ2) is 4.60. The van der Waals surface area contributed by atoms with Crippen LogP contribution in [-0.2, 0) is 4.74 Å². The van der Waals surface area contributed by atoms with Crippen molar-refractivity contribution < 1.29 is 4.74 Å². The summed E-state index contributed by atoms with van der Waals surface area (Å²) in [4.78, 5) is 0. The van der Waals surface area contributed by atoms with E-state index in [2.05, 4.69) is 15.9 Å². The lowest BCUT2D eigenvalue weighted by molar-refractivity contribution is 0.180. The first-order chi connectivity index (χ1) is 5.75. The second-order valence-corrected chi connectivity index (χ2v) is 3.44. The molecule has 66 valence electrons. The highest BCUT2D eigenvalue weighted by atomic mass is 79.9. The standard InChI is InChI=1S/C9H12BrNO/c1-12-6-9(11)7-4-2-3-5-8(7)10/h2-5,9H,6,11H2,1H3/t9-/m1/s1. The Labute approximate surface area is 80.8 Å². The molecular weight excluding hydrogens is 218 g/mol. The molecule has 12 heavy (non-hydrogen) atoms. The van der Waals surface area contributed by atoms with Gasteiger partial charge in [-0.15, -0.1) is 0 Å². The number of benzene rings is 1. The molecule has 0 heterocycles. The summed E-state index contributed by atoms with van der Waals surface area (Å²) in [6.07, 6.45) is 0. The molecule has 0 aliphatic rings. The molecule has 2 nitrogen and oxygen atoms in total. The Morgan fingerprint density at radius 2 is 2.17 bits per heavy atom. The van der Waals surface area contributed by atoms with Crippen molar-refractivity contribution in [2.75, 3.05) is 13.7 Å². The first-order valence-electron chi connectivity index (χ1n) is 3.74. The third kappa shape index (κ3) is 2.30. The van der Waals surface area contributed by atoms with Crippen LogP contribution in [0.25, 0.3) is 0 Å². The summed E-state index contributed by atoms with van der Waals surface area (Å²) in [5.41, 5.74) is 6.93. The average molecular weight is 230 g/mol. The minimum atomic E-state index is -0.0504. The van der Waals surface area contributed by atoms with E-state index in [0.717, 1.165) is 10.0 Å². The van der Waals surface area contributed by atoms with Crippen LogP contribution in [0.3, 0.4) is 0 Å². The summed E-state index contributed by atoms with van der Waals surface area (Å²) in [5.74, 6) is 0. The highest BCUT2D eigenvalue weighted by Gasteiger charge is 2.07. The van der Waals surface area contributed by atoms with Gasteiger partial charge >= 0.3 is 0 Å². The van der Waals surface area contributed by atoms with Crippen LogP contribution in [0.1, 0.15) is 11.6 Å². The average Bonchev–Trinajstić information content (AvgIpc) is 2.05. The van der Waals surface area contributed by atoms with Gasteiger partial charge in [-0.3, -0.25) is 0 Å². The van der Waals surface area contributed by atoms with Gasteiger partial charge in [0.05, 0.1) is 12.6 Å². The third-order valence-electron chi connectivity index (χ3n) is 1.65. The number of nitrogens with two attached hydrogens (primary N) is 1. The Kier molecular flexibility index (Phi) is 3.72. The van der Waals surface area contributed by atoms with Gasteiger partial charge in [0.1, 0.15) is 0 Å². The largest absolute Gasteiger partial charge is 0.383 e. The molecule has 3 heteroatoms. The Balaban J connectivity index is 2.79. The summed E-state index contributed by atoms with van der Waals surface area (Å²) < 4.78 is 6.00. The van der Waals surface area contributed by atoms with Crippen molar-refractivity contribution >= 4 is 15.9 Å². The second-order valence-electron chi connectivity index (χ2n) is 2.58. The lowest BCUT2D eigenvalue weighted by Crippen LogP contribution is -2.16. The van der Waals surface area contributed by atoms with Crippen molar-refractivity contribution in [3.8, 4) is 0 Å². The van der Waals surface area contributed by atoms with E-state index in [4.69, 9.17) is 10.5 Å². The predicted octanol–water partition coefficient (Wildman–Crippen LogP) is 2.10. The molecule has 1 aromatic carbocycles. The van der Waals surface area contributed by atoms with Gasteiger partial charge in [0.25, 0.3) is 0 Å². The molecule has 0 saturated heterocycles. The van der Waals surface area contributed by atoms with Gasteiger partial charge in [-0.1, -0.05) is 34.1 Å². The topological polar surface area (TPSA) is 35.2 Å². The third-order valence-corrected chi connectivity index (χ3v) is 2.37. The summed E-state index contributed by atoms with van der Waals surface area (Å²) >= 11 is 3.43. The SMILES string of the molecule is COC[C@@H](N)c1ccccc1Br. The first kappa shape index (κ1) is 9.71. The molecule has 1 rings (SSSR count). The van der Waals surface area contributed by atoms with Gasteiger partial charge in [-0.25, -0.2) is 0 Å². The van der Waals surface area contributed by atoms with Gasteiger partial charge in [0, 0.05) is 11.6 Å². The number of hydrogen-bond acceptors (Lipinski definition) is 2. The highest BCUT2D eigenvalue weighted by Crippen LogP contribution is 2.21. The van der Waals surface area contributed by atoms with Crippen molar-refractivity contribution in [1.29, 1.82) is 0 Å². The lowest BCUT2D eigenvalue weighted by atomic mass is 10.1. The van der Waals surface area contributed by atoms with Crippen LogP contribution < -0.4 is 5.73 Å². The van der Waals surface area contributed by atoms with Crippen LogP contribution in [0.4, 0.5) is 0 Å². The molecule has 0 bridgehead atoms. The molecule has 1 atom stereocenters. The van der Waals surface area contributed by atoms with Crippen LogP contribution >= 0.6 is 15.9 Å². The van der Waals surface area contributed by atoms with Crippen molar-refractivity contribution in [2.24, 2.45) is 5.73 Å². The van der Waals surface area contributed by atoms with Crippen LogP contribution in [0.5, 0.6) is 0 Å². The minimum Gasteiger partial charge on any atom is -0.383 e. The van der Waals surface area contributed by atoms with Crippen LogP contribution in [0, 0.1) is 0 Å². The Hall–Kier alpha value is -0.380. The fourth-order valence-electron chi connectivity index (χ4n) is 1.05. The van der Waals surface area contributed by atoms with Gasteiger partial charge in [-0.2, -0.15) is 0 Å². The summed E-state index contributed by atoms with van der Waals surface area (Å²) in [7, 11) is 1.65. The number of ether oxygens (including phenoxy) is 1. The van der Waals surface area contributed by atoms with Gasteiger partial charge in [-0.05, 0) is 11.6 Å². The van der Waals surface area contributed by atoms with Crippen molar-refractivity contribution in [3.63, 3.8) is 0 Å². The minimum absolute atomic E-state index is 0.0504. The van der Waals surface area contributed by atoms with E-state index in [1.807, 2.05) is 24.3 Å². The van der Waals surface area contributed by atoms with Gasteiger partial charge in [0.2, 0.25) is 0 Å². The van der Waals surface area contributed by atoms with Crippen molar-refractivity contribution in [1.82, 2.24) is 0 Å². The Morgan fingerprint density at radius 3 is 2.75 bits per heavy atom. The van der Waals surface area contributed by atoms with Gasteiger partial charge < -0.3 is 10.5 Å². The molecule has 0 fully saturated rings. The van der Waals surface area contributed by atoms with E-state index in [0.29, 0.717) is 6.61 Å². The zero-order chi connectivity index (χ0) is 8.97. The van der Waals surface area contributed by atoms with E-state index in [-0.39, 0.29) is 6.04 Å². The van der Waals surface area contributed by atoms with Gasteiger partial charge in [0.15, 0.2) is 0 Å². The number of hydrogen-bond donors (Lipinski definition) is 1. The van der Waals surface area contributed by atoms with Crippen molar-refractivity contribution in [2.45, 2.75) is 6.04 Å². The fraction of sp³-hybridized carbons (Fsp3) is 0.333. The predicted molar refractivity (Wildman–Crippen MR) is 52.9 cm³/mol. The molecule has 0 amide bonds. The van der Waals surface area contributed by atoms with E-state index >= 15 is 0 Å². The zero-order valence-electron chi connectivity index (χ0n) is 6.96. The molecule has 2 N–H and O–H groups in total. The maximum atomic E-state index is 5.85. The number of rotatable bonds is 3. The fourth-order valence-corrected chi connectivity index (χ4v) is 1.62. The summed E-state index contributed by atoms with van der Waals surface area (Å²) in [5, 5.41) is 0. The molecule has 1 aromatic rings. The van der Waals surface area contributed by atoms with E-state index < -0.39 is 0 Å². The Bertz CT molecular complexity index is 252. The first-order valence-corrected chi connectivity index (χ1v) is 4.54. The quantitative estimate of drug-likeness (QED) is 0.862. The monoisotopic (exact) mass is 229 g/mol. The number of halogens is 1. The maximum absolute atomic E-state index is 5.85. The normalized spacial score (nSPS) is 12.9. The smallest absolute Gasteiger partial charge is 0.0655 e. The highest BCUT2D eigenvalue weighted by molar-refractivity contribution is 9.10. The van der Waals surface area contributed by atoms with Crippen LogP contribution in [0.2, 0.25) is 0 Å². The number of methoxy groups -OCH3 is 1.